The van der Waals surface area contributed by atoms with Crippen molar-refractivity contribution in [2.24, 2.45) is 17.8 Å². The Bertz CT molecular complexity index is 944. The van der Waals surface area contributed by atoms with Gasteiger partial charge in [-0.25, -0.2) is 15.0 Å². The van der Waals surface area contributed by atoms with Gasteiger partial charge in [0.05, 0.1) is 10.6 Å². The molecule has 4 saturated carbocycles. The first-order chi connectivity index (χ1) is 14.2. The molecule has 160 valence electrons. The van der Waals surface area contributed by atoms with E-state index in [1.54, 1.807) is 0 Å². The van der Waals surface area contributed by atoms with Gasteiger partial charge >= 0.3 is 6.18 Å². The van der Waals surface area contributed by atoms with Gasteiger partial charge in [-0.15, -0.1) is 0 Å². The summed E-state index contributed by atoms with van der Waals surface area (Å²) in [5.74, 6) is 3.14. The summed E-state index contributed by atoms with van der Waals surface area (Å²) in [7, 11) is 0. The summed E-state index contributed by atoms with van der Waals surface area (Å²) in [6.07, 6.45) is 4.92. The van der Waals surface area contributed by atoms with Crippen molar-refractivity contribution in [2.45, 2.75) is 50.2 Å². The van der Waals surface area contributed by atoms with E-state index in [-0.39, 0.29) is 22.2 Å². The lowest BCUT2D eigenvalue weighted by atomic mass is 9.53. The average molecular weight is 439 g/mol. The minimum atomic E-state index is -4.52. The first-order valence-electron chi connectivity index (χ1n) is 10.1. The van der Waals surface area contributed by atoms with Crippen LogP contribution in [0.25, 0.3) is 0 Å². The number of nitrogens with one attached hydrogen (secondary N) is 2. The minimum absolute atomic E-state index is 0.0126. The van der Waals surface area contributed by atoms with Gasteiger partial charge in [0.15, 0.2) is 11.6 Å². The number of nitrogen functional groups attached to an aromatic ring is 1. The zero-order valence-corrected chi connectivity index (χ0v) is 16.9. The fraction of sp³-hybridized carbons (Fsp3) is 0.550. The Balaban J connectivity index is 1.38. The molecule has 0 saturated heterocycles. The summed E-state index contributed by atoms with van der Waals surface area (Å²) in [5, 5.41) is 6.28. The van der Waals surface area contributed by atoms with Crippen molar-refractivity contribution in [1.29, 1.82) is 0 Å². The molecule has 0 aliphatic heterocycles. The van der Waals surface area contributed by atoms with E-state index in [1.807, 2.05) is 0 Å². The van der Waals surface area contributed by atoms with Crippen LogP contribution in [0.3, 0.4) is 0 Å². The molecule has 4 bridgehead atoms. The first-order valence-corrected chi connectivity index (χ1v) is 10.5. The number of pyridine rings is 1. The van der Waals surface area contributed by atoms with Crippen molar-refractivity contribution >= 4 is 34.7 Å². The summed E-state index contributed by atoms with van der Waals surface area (Å²) >= 11 is 6.00. The van der Waals surface area contributed by atoms with Gasteiger partial charge in [0, 0.05) is 11.7 Å². The molecule has 0 spiro atoms. The van der Waals surface area contributed by atoms with Crippen molar-refractivity contribution in [1.82, 2.24) is 15.0 Å². The minimum Gasteiger partial charge on any atom is -0.393 e. The van der Waals surface area contributed by atoms with Gasteiger partial charge in [0.25, 0.3) is 0 Å². The summed E-state index contributed by atoms with van der Waals surface area (Å²) in [4.78, 5) is 12.3. The number of anilines is 4. The van der Waals surface area contributed by atoms with E-state index in [9.17, 15) is 13.2 Å². The molecular weight excluding hydrogens is 417 g/mol. The van der Waals surface area contributed by atoms with Gasteiger partial charge < -0.3 is 16.4 Å². The highest BCUT2D eigenvalue weighted by Gasteiger charge is 2.51. The molecule has 30 heavy (non-hydrogen) atoms. The zero-order chi connectivity index (χ0) is 21.1. The van der Waals surface area contributed by atoms with Crippen molar-refractivity contribution in [3.63, 3.8) is 0 Å². The molecule has 0 atom stereocenters. The third-order valence-corrected chi connectivity index (χ3v) is 7.00. The van der Waals surface area contributed by atoms with E-state index < -0.39 is 11.7 Å². The Labute approximate surface area is 176 Å². The standard InChI is InChI=1S/C20H22ClF3N6/c21-14-4-13(20(22,23)24)8-26-16(14)29-17-15(25)18(28-9-27-17)30-19-5-10-1-11(6-19)3-12(2-10)7-19/h4,8-12H,1-3,5-7,25H2,(H2,26,27,28,29,30). The van der Waals surface area contributed by atoms with E-state index >= 15 is 0 Å². The SMILES string of the molecule is Nc1c(Nc2ncc(C(F)(F)F)cc2Cl)ncnc1NC12CC3CC(CC(C3)C1)C2. The number of nitrogens with zero attached hydrogens (tertiary/aromatic N) is 3. The highest BCUT2D eigenvalue weighted by Crippen LogP contribution is 2.56. The molecule has 6 rings (SSSR count). The van der Waals surface area contributed by atoms with E-state index in [0.717, 1.165) is 49.3 Å². The second kappa shape index (κ2) is 6.87. The molecule has 0 radical (unpaired) electrons. The van der Waals surface area contributed by atoms with Gasteiger partial charge in [-0.3, -0.25) is 0 Å². The lowest BCUT2D eigenvalue weighted by Gasteiger charge is -2.57. The zero-order valence-electron chi connectivity index (χ0n) is 16.1. The topological polar surface area (TPSA) is 88.8 Å². The number of aromatic nitrogens is 3. The maximum atomic E-state index is 12.8. The van der Waals surface area contributed by atoms with E-state index in [4.69, 9.17) is 17.3 Å². The highest BCUT2D eigenvalue weighted by molar-refractivity contribution is 6.33. The van der Waals surface area contributed by atoms with Crippen LogP contribution in [-0.2, 0) is 6.18 Å². The second-order valence-corrected chi connectivity index (χ2v) is 9.39. The maximum Gasteiger partial charge on any atom is 0.417 e. The Morgan fingerprint density at radius 2 is 1.57 bits per heavy atom. The fourth-order valence-corrected chi connectivity index (χ4v) is 6.12. The van der Waals surface area contributed by atoms with Gasteiger partial charge in [-0.2, -0.15) is 13.2 Å². The number of halogens is 4. The number of rotatable bonds is 4. The number of alkyl halides is 3. The van der Waals surface area contributed by atoms with Crippen LogP contribution >= 0.6 is 11.6 Å². The summed E-state index contributed by atoms with van der Waals surface area (Å²) < 4.78 is 38.5. The third-order valence-electron chi connectivity index (χ3n) is 6.71. The average Bonchev–Trinajstić information content (AvgIpc) is 2.64. The van der Waals surface area contributed by atoms with Gasteiger partial charge in [0.1, 0.15) is 17.8 Å². The van der Waals surface area contributed by atoms with Gasteiger partial charge in [-0.1, -0.05) is 11.6 Å². The Kier molecular flexibility index (Phi) is 4.50. The smallest absolute Gasteiger partial charge is 0.393 e. The fourth-order valence-electron chi connectivity index (χ4n) is 5.91. The van der Waals surface area contributed by atoms with Crippen LogP contribution in [0.5, 0.6) is 0 Å². The van der Waals surface area contributed by atoms with Crippen molar-refractivity contribution in [2.75, 3.05) is 16.4 Å². The third kappa shape index (κ3) is 3.53. The molecule has 2 aromatic rings. The highest BCUT2D eigenvalue weighted by atomic mass is 35.5. The molecule has 4 fully saturated rings. The van der Waals surface area contributed by atoms with Crippen LogP contribution < -0.4 is 16.4 Å². The number of hydrogen-bond donors (Lipinski definition) is 3. The van der Waals surface area contributed by atoms with E-state index in [1.165, 1.54) is 25.6 Å². The van der Waals surface area contributed by atoms with Crippen molar-refractivity contribution in [3.8, 4) is 0 Å². The molecule has 0 aromatic carbocycles. The second-order valence-electron chi connectivity index (χ2n) is 8.98. The summed E-state index contributed by atoms with van der Waals surface area (Å²) in [6.45, 7) is 0. The van der Waals surface area contributed by atoms with Crippen LogP contribution in [0, 0.1) is 17.8 Å². The molecule has 2 heterocycles. The van der Waals surface area contributed by atoms with Crippen LogP contribution in [0.2, 0.25) is 5.02 Å². The van der Waals surface area contributed by atoms with Crippen LogP contribution in [0.4, 0.5) is 36.3 Å². The molecule has 2 aromatic heterocycles. The number of nitrogens with two attached hydrogens (primary N) is 1. The molecule has 4 aliphatic rings. The van der Waals surface area contributed by atoms with E-state index in [2.05, 4.69) is 25.6 Å². The lowest BCUT2D eigenvalue weighted by molar-refractivity contribution is -0.137. The molecule has 0 unspecified atom stereocenters. The van der Waals surface area contributed by atoms with Gasteiger partial charge in [0.2, 0.25) is 0 Å². The predicted octanol–water partition coefficient (Wildman–Crippen LogP) is 5.25. The van der Waals surface area contributed by atoms with Crippen LogP contribution in [0.1, 0.15) is 44.1 Å². The first kappa shape index (κ1) is 19.7. The Morgan fingerprint density at radius 3 is 2.13 bits per heavy atom. The van der Waals surface area contributed by atoms with Crippen LogP contribution in [-0.4, -0.2) is 20.5 Å². The van der Waals surface area contributed by atoms with Crippen molar-refractivity contribution < 1.29 is 13.2 Å². The van der Waals surface area contributed by atoms with E-state index in [0.29, 0.717) is 11.5 Å². The molecule has 4 N–H and O–H groups in total. The molecule has 4 aliphatic carbocycles. The molecule has 0 amide bonds. The Hall–Kier alpha value is -2.29. The van der Waals surface area contributed by atoms with Crippen LogP contribution in [0.15, 0.2) is 18.6 Å². The maximum absolute atomic E-state index is 12.8. The predicted molar refractivity (Wildman–Crippen MR) is 109 cm³/mol. The molecule has 10 heteroatoms. The largest absolute Gasteiger partial charge is 0.417 e. The number of hydrogen-bond acceptors (Lipinski definition) is 6. The van der Waals surface area contributed by atoms with Crippen molar-refractivity contribution in [3.05, 3.63) is 29.2 Å². The quantitative estimate of drug-likeness (QED) is 0.604. The summed E-state index contributed by atoms with van der Waals surface area (Å²) in [5.41, 5.74) is 5.70. The monoisotopic (exact) mass is 438 g/mol. The lowest BCUT2D eigenvalue weighted by Crippen LogP contribution is -2.55. The molecular formula is C20H22ClF3N6. The molecule has 6 nitrogen and oxygen atoms in total. The van der Waals surface area contributed by atoms with Gasteiger partial charge in [-0.05, 0) is 62.3 Å². The normalized spacial score (nSPS) is 29.8. The summed E-state index contributed by atoms with van der Waals surface area (Å²) in [6, 6.07) is 0.822. The Morgan fingerprint density at radius 1 is 0.967 bits per heavy atom.